The SMILES string of the molecule is O=C1Nc2ccc([N+](=O)[O-])cc2/C1=C(/Nc1ccc(/C=C/c2c[nH]cn2)cc1)c1ccc(CN2CCCCC2=O)cc1. The van der Waals surface area contributed by atoms with Gasteiger partial charge in [0, 0.05) is 54.8 Å². The van der Waals surface area contributed by atoms with Gasteiger partial charge in [0.2, 0.25) is 5.91 Å². The largest absolute Gasteiger partial charge is 0.354 e. The van der Waals surface area contributed by atoms with Crippen molar-refractivity contribution in [2.24, 2.45) is 0 Å². The number of amides is 2. The normalized spacial score (nSPS) is 16.0. The van der Waals surface area contributed by atoms with Crippen molar-refractivity contribution in [3.8, 4) is 0 Å². The summed E-state index contributed by atoms with van der Waals surface area (Å²) < 4.78 is 0. The third kappa shape index (κ3) is 5.68. The molecule has 0 bridgehead atoms. The van der Waals surface area contributed by atoms with E-state index in [0.29, 0.717) is 35.5 Å². The third-order valence-electron chi connectivity index (χ3n) is 7.39. The Morgan fingerprint density at radius 1 is 1.02 bits per heavy atom. The van der Waals surface area contributed by atoms with E-state index >= 15 is 0 Å². The van der Waals surface area contributed by atoms with E-state index in [1.165, 1.54) is 12.1 Å². The first-order chi connectivity index (χ1) is 20.4. The third-order valence-corrected chi connectivity index (χ3v) is 7.39. The number of hydrogen-bond donors (Lipinski definition) is 3. The van der Waals surface area contributed by atoms with Crippen LogP contribution in [-0.2, 0) is 16.1 Å². The number of nitrogens with one attached hydrogen (secondary N) is 3. The van der Waals surface area contributed by atoms with Crippen LogP contribution in [0.1, 0.15) is 47.2 Å². The van der Waals surface area contributed by atoms with Crippen molar-refractivity contribution >= 4 is 52.3 Å². The number of aromatic amines is 1. The monoisotopic (exact) mass is 560 g/mol. The summed E-state index contributed by atoms with van der Waals surface area (Å²) >= 11 is 0. The average molecular weight is 561 g/mol. The average Bonchev–Trinajstić information content (AvgIpc) is 3.64. The number of piperidine rings is 1. The van der Waals surface area contributed by atoms with E-state index in [1.807, 2.05) is 65.6 Å². The van der Waals surface area contributed by atoms with Gasteiger partial charge in [-0.2, -0.15) is 0 Å². The summed E-state index contributed by atoms with van der Waals surface area (Å²) in [5.41, 5.74) is 5.95. The smallest absolute Gasteiger partial charge is 0.270 e. The van der Waals surface area contributed by atoms with Crippen LogP contribution in [0.3, 0.4) is 0 Å². The van der Waals surface area contributed by atoms with Crippen LogP contribution in [0.2, 0.25) is 0 Å². The minimum atomic E-state index is -0.473. The maximum atomic E-state index is 13.3. The molecule has 1 saturated heterocycles. The van der Waals surface area contributed by atoms with E-state index in [1.54, 1.807) is 18.6 Å². The second-order valence-electron chi connectivity index (χ2n) is 10.2. The van der Waals surface area contributed by atoms with Gasteiger partial charge in [0.25, 0.3) is 11.6 Å². The van der Waals surface area contributed by atoms with Gasteiger partial charge in [0.05, 0.1) is 28.2 Å². The van der Waals surface area contributed by atoms with Crippen molar-refractivity contribution < 1.29 is 14.5 Å². The molecular formula is C32H28N6O4. The summed E-state index contributed by atoms with van der Waals surface area (Å²) in [5, 5.41) is 17.8. The predicted octanol–water partition coefficient (Wildman–Crippen LogP) is 5.93. The van der Waals surface area contributed by atoms with E-state index in [4.69, 9.17) is 0 Å². The van der Waals surface area contributed by atoms with Crippen molar-refractivity contribution in [1.82, 2.24) is 14.9 Å². The van der Waals surface area contributed by atoms with Crippen LogP contribution in [0.25, 0.3) is 23.4 Å². The Morgan fingerprint density at radius 3 is 2.55 bits per heavy atom. The number of fused-ring (bicyclic) bond motifs is 1. The zero-order chi connectivity index (χ0) is 29.1. The Morgan fingerprint density at radius 2 is 1.83 bits per heavy atom. The zero-order valence-electron chi connectivity index (χ0n) is 22.7. The highest BCUT2D eigenvalue weighted by Crippen LogP contribution is 2.39. The lowest BCUT2D eigenvalue weighted by molar-refractivity contribution is -0.384. The molecule has 3 aromatic carbocycles. The summed E-state index contributed by atoms with van der Waals surface area (Å²) in [6, 6.07) is 19.8. The molecule has 4 aromatic rings. The minimum absolute atomic E-state index is 0.100. The van der Waals surface area contributed by atoms with E-state index in [2.05, 4.69) is 20.6 Å². The molecule has 210 valence electrons. The number of non-ortho nitro benzene ring substituents is 1. The number of imidazole rings is 1. The van der Waals surface area contributed by atoms with Crippen molar-refractivity contribution in [2.45, 2.75) is 25.8 Å². The number of nitro benzene ring substituents is 1. The molecule has 3 N–H and O–H groups in total. The van der Waals surface area contributed by atoms with Gasteiger partial charge in [-0.3, -0.25) is 19.7 Å². The van der Waals surface area contributed by atoms with Crippen LogP contribution < -0.4 is 10.6 Å². The summed E-state index contributed by atoms with van der Waals surface area (Å²) in [6.45, 7) is 1.28. The summed E-state index contributed by atoms with van der Waals surface area (Å²) in [7, 11) is 0. The molecule has 2 aliphatic heterocycles. The van der Waals surface area contributed by atoms with Gasteiger partial charge >= 0.3 is 0 Å². The van der Waals surface area contributed by atoms with Gasteiger partial charge in [-0.15, -0.1) is 0 Å². The number of carbonyl (C=O) groups is 2. The van der Waals surface area contributed by atoms with E-state index in [9.17, 15) is 19.7 Å². The Kier molecular flexibility index (Phi) is 7.33. The molecule has 0 radical (unpaired) electrons. The van der Waals surface area contributed by atoms with Gasteiger partial charge in [-0.25, -0.2) is 4.98 Å². The second kappa shape index (κ2) is 11.5. The van der Waals surface area contributed by atoms with Gasteiger partial charge in [-0.1, -0.05) is 42.5 Å². The molecule has 3 heterocycles. The fourth-order valence-electron chi connectivity index (χ4n) is 5.19. The maximum Gasteiger partial charge on any atom is 0.270 e. The second-order valence-corrected chi connectivity index (χ2v) is 10.2. The van der Waals surface area contributed by atoms with Gasteiger partial charge < -0.3 is 20.5 Å². The first-order valence-electron chi connectivity index (χ1n) is 13.7. The number of anilines is 2. The standard InChI is InChI=1S/C32H28N6O4/c39-29-3-1-2-16-37(29)19-22-4-9-23(10-5-22)31(30-27-17-26(38(41)42)14-15-28(27)36-32(30)40)35-24-11-6-21(7-12-24)8-13-25-18-33-20-34-25/h4-15,17-18,20,35H,1-3,16,19H2,(H,33,34)(H,36,40)/b13-8+,31-30-. The number of likely N-dealkylation sites (tertiary alicyclic amines) is 1. The lowest BCUT2D eigenvalue weighted by Crippen LogP contribution is -2.34. The molecule has 10 nitrogen and oxygen atoms in total. The molecule has 0 spiro atoms. The molecule has 0 unspecified atom stereocenters. The van der Waals surface area contributed by atoms with Crippen LogP contribution in [0, 0.1) is 10.1 Å². The number of carbonyl (C=O) groups excluding carboxylic acids is 2. The molecule has 42 heavy (non-hydrogen) atoms. The molecular weight excluding hydrogens is 532 g/mol. The Hall–Kier alpha value is -5.51. The predicted molar refractivity (Wildman–Crippen MR) is 162 cm³/mol. The minimum Gasteiger partial charge on any atom is -0.354 e. The number of nitrogens with zero attached hydrogens (tertiary/aromatic N) is 3. The molecule has 0 saturated carbocycles. The number of benzene rings is 3. The van der Waals surface area contributed by atoms with Gasteiger partial charge in [0.1, 0.15) is 0 Å². The number of aromatic nitrogens is 2. The van der Waals surface area contributed by atoms with Crippen LogP contribution in [-0.4, -0.2) is 38.2 Å². The summed E-state index contributed by atoms with van der Waals surface area (Å²) in [4.78, 5) is 45.7. The topological polar surface area (TPSA) is 133 Å². The van der Waals surface area contributed by atoms with Crippen LogP contribution in [0.5, 0.6) is 0 Å². The fraction of sp³-hybridized carbons (Fsp3) is 0.156. The maximum absolute atomic E-state index is 13.3. The molecule has 2 amide bonds. The van der Waals surface area contributed by atoms with Gasteiger partial charge in [0.15, 0.2) is 0 Å². The number of nitro groups is 1. The number of H-pyrrole nitrogens is 1. The molecule has 6 rings (SSSR count). The zero-order valence-corrected chi connectivity index (χ0v) is 22.7. The van der Waals surface area contributed by atoms with Crippen molar-refractivity contribution in [2.75, 3.05) is 17.2 Å². The lowest BCUT2D eigenvalue weighted by atomic mass is 9.98. The summed E-state index contributed by atoms with van der Waals surface area (Å²) in [6.07, 6.45) is 9.78. The molecule has 1 aromatic heterocycles. The van der Waals surface area contributed by atoms with E-state index in [0.717, 1.165) is 47.5 Å². The highest BCUT2D eigenvalue weighted by molar-refractivity contribution is 6.37. The molecule has 10 heteroatoms. The molecule has 1 fully saturated rings. The van der Waals surface area contributed by atoms with E-state index in [-0.39, 0.29) is 17.5 Å². The lowest BCUT2D eigenvalue weighted by Gasteiger charge is -2.26. The Balaban J connectivity index is 1.35. The number of rotatable bonds is 8. The van der Waals surface area contributed by atoms with Crippen molar-refractivity contribution in [3.63, 3.8) is 0 Å². The summed E-state index contributed by atoms with van der Waals surface area (Å²) in [5.74, 6) is -0.187. The van der Waals surface area contributed by atoms with E-state index < -0.39 is 4.92 Å². The van der Waals surface area contributed by atoms with Crippen LogP contribution in [0.4, 0.5) is 17.1 Å². The highest BCUT2D eigenvalue weighted by Gasteiger charge is 2.30. The molecule has 0 aliphatic carbocycles. The van der Waals surface area contributed by atoms with Crippen molar-refractivity contribution in [1.29, 1.82) is 0 Å². The number of hydrogen-bond acceptors (Lipinski definition) is 6. The van der Waals surface area contributed by atoms with Crippen LogP contribution >= 0.6 is 0 Å². The molecule has 2 aliphatic rings. The van der Waals surface area contributed by atoms with Gasteiger partial charge in [-0.05, 0) is 53.8 Å². The first-order valence-corrected chi connectivity index (χ1v) is 13.7. The first kappa shape index (κ1) is 26.7. The quantitative estimate of drug-likeness (QED) is 0.139. The highest BCUT2D eigenvalue weighted by atomic mass is 16.6. The fourth-order valence-corrected chi connectivity index (χ4v) is 5.19. The van der Waals surface area contributed by atoms with Crippen LogP contribution in [0.15, 0.2) is 79.3 Å². The van der Waals surface area contributed by atoms with Crippen molar-refractivity contribution in [3.05, 3.63) is 117 Å². The Labute approximate surface area is 241 Å². The molecule has 0 atom stereocenters. The Bertz CT molecular complexity index is 1710.